The summed E-state index contributed by atoms with van der Waals surface area (Å²) in [4.78, 5) is 32.0. The van der Waals surface area contributed by atoms with Crippen molar-refractivity contribution in [1.82, 2.24) is 4.57 Å². The minimum absolute atomic E-state index is 0.203. The molecule has 3 aromatic carbocycles. The highest BCUT2D eigenvalue weighted by molar-refractivity contribution is 7.07. The van der Waals surface area contributed by atoms with Gasteiger partial charge in [-0.05, 0) is 43.2 Å². The SMILES string of the molecule is CCOC(=O)C1=C(C)N=c2sc(=Cc3ccccc3OCc3ccccc3)c(=O)n2C1c1ccccc1Cl. The lowest BCUT2D eigenvalue weighted by atomic mass is 9.96. The minimum Gasteiger partial charge on any atom is -0.488 e. The van der Waals surface area contributed by atoms with E-state index in [0.29, 0.717) is 43.5 Å². The molecule has 0 radical (unpaired) electrons. The van der Waals surface area contributed by atoms with Crippen LogP contribution in [-0.2, 0) is 16.1 Å². The van der Waals surface area contributed by atoms with Gasteiger partial charge >= 0.3 is 5.97 Å². The second-order valence-electron chi connectivity index (χ2n) is 8.64. The van der Waals surface area contributed by atoms with Crippen molar-refractivity contribution in [3.8, 4) is 5.75 Å². The lowest BCUT2D eigenvalue weighted by molar-refractivity contribution is -0.139. The molecule has 0 saturated heterocycles. The van der Waals surface area contributed by atoms with Gasteiger partial charge in [0.25, 0.3) is 5.56 Å². The summed E-state index contributed by atoms with van der Waals surface area (Å²) in [7, 11) is 0. The van der Waals surface area contributed by atoms with Gasteiger partial charge in [-0.15, -0.1) is 0 Å². The van der Waals surface area contributed by atoms with E-state index in [9.17, 15) is 9.59 Å². The van der Waals surface area contributed by atoms with Gasteiger partial charge < -0.3 is 9.47 Å². The van der Waals surface area contributed by atoms with Gasteiger partial charge in [-0.1, -0.05) is 89.7 Å². The number of para-hydroxylation sites is 1. The maximum Gasteiger partial charge on any atom is 0.338 e. The van der Waals surface area contributed by atoms with Crippen molar-refractivity contribution in [2.24, 2.45) is 4.99 Å². The maximum atomic E-state index is 13.9. The van der Waals surface area contributed by atoms with Crippen LogP contribution in [0, 0.1) is 0 Å². The fourth-order valence-electron chi connectivity index (χ4n) is 4.39. The summed E-state index contributed by atoms with van der Waals surface area (Å²) >= 11 is 7.83. The number of nitrogens with zero attached hydrogens (tertiary/aromatic N) is 2. The fourth-order valence-corrected chi connectivity index (χ4v) is 5.67. The number of benzene rings is 3. The van der Waals surface area contributed by atoms with Gasteiger partial charge in [0.05, 0.1) is 22.4 Å². The zero-order chi connectivity index (χ0) is 26.6. The second kappa shape index (κ2) is 11.2. The monoisotopic (exact) mass is 544 g/mol. The standard InChI is InChI=1S/C30H25ClN2O4S/c1-3-36-29(35)26-19(2)32-30-33(27(26)22-14-8-9-15-23(22)31)28(34)25(38-30)17-21-13-7-10-16-24(21)37-18-20-11-5-4-6-12-20/h4-17,27H,3,18H2,1-2H3. The summed E-state index contributed by atoms with van der Waals surface area (Å²) in [6.07, 6.45) is 1.80. The Morgan fingerprint density at radius 1 is 1.05 bits per heavy atom. The molecule has 6 nitrogen and oxygen atoms in total. The van der Waals surface area contributed by atoms with Crippen molar-refractivity contribution in [2.75, 3.05) is 6.61 Å². The molecule has 1 aliphatic rings. The van der Waals surface area contributed by atoms with Crippen LogP contribution in [0.3, 0.4) is 0 Å². The molecule has 1 aromatic heterocycles. The Labute approximate surface area is 228 Å². The van der Waals surface area contributed by atoms with E-state index in [1.54, 1.807) is 26.0 Å². The number of halogens is 1. The maximum absolute atomic E-state index is 13.9. The molecule has 0 aliphatic carbocycles. The lowest BCUT2D eigenvalue weighted by Gasteiger charge is -2.25. The molecule has 0 bridgehead atoms. The Bertz CT molecular complexity index is 1710. The van der Waals surface area contributed by atoms with E-state index in [1.807, 2.05) is 72.8 Å². The predicted molar refractivity (Wildman–Crippen MR) is 149 cm³/mol. The quantitative estimate of drug-likeness (QED) is 0.306. The van der Waals surface area contributed by atoms with Crippen LogP contribution in [0.2, 0.25) is 5.02 Å². The van der Waals surface area contributed by atoms with E-state index in [0.717, 1.165) is 11.1 Å². The van der Waals surface area contributed by atoms with Crippen LogP contribution in [0.15, 0.2) is 99.9 Å². The van der Waals surface area contributed by atoms with Gasteiger partial charge in [0.2, 0.25) is 0 Å². The van der Waals surface area contributed by atoms with Crippen LogP contribution in [0.5, 0.6) is 5.75 Å². The number of fused-ring (bicyclic) bond motifs is 1. The average Bonchev–Trinajstić information content (AvgIpc) is 3.22. The third-order valence-electron chi connectivity index (χ3n) is 6.16. The number of ether oxygens (including phenoxy) is 2. The highest BCUT2D eigenvalue weighted by Crippen LogP contribution is 2.34. The number of esters is 1. The molecule has 0 N–H and O–H groups in total. The van der Waals surface area contributed by atoms with Gasteiger partial charge in [-0.25, -0.2) is 9.79 Å². The van der Waals surface area contributed by atoms with Crippen molar-refractivity contribution in [2.45, 2.75) is 26.5 Å². The van der Waals surface area contributed by atoms with Crippen molar-refractivity contribution in [3.63, 3.8) is 0 Å². The highest BCUT2D eigenvalue weighted by atomic mass is 35.5. The molecule has 1 aliphatic heterocycles. The van der Waals surface area contributed by atoms with Crippen molar-refractivity contribution < 1.29 is 14.3 Å². The van der Waals surface area contributed by atoms with Crippen LogP contribution in [-0.4, -0.2) is 17.1 Å². The number of aromatic nitrogens is 1. The van der Waals surface area contributed by atoms with Crippen molar-refractivity contribution >= 4 is 35.0 Å². The van der Waals surface area contributed by atoms with Crippen LogP contribution < -0.4 is 19.6 Å². The van der Waals surface area contributed by atoms with E-state index >= 15 is 0 Å². The first kappa shape index (κ1) is 25.7. The van der Waals surface area contributed by atoms with E-state index < -0.39 is 12.0 Å². The molecule has 38 heavy (non-hydrogen) atoms. The highest BCUT2D eigenvalue weighted by Gasteiger charge is 2.34. The third-order valence-corrected chi connectivity index (χ3v) is 7.49. The largest absolute Gasteiger partial charge is 0.488 e. The molecule has 2 heterocycles. The van der Waals surface area contributed by atoms with Gasteiger partial charge in [0, 0.05) is 10.6 Å². The first-order valence-electron chi connectivity index (χ1n) is 12.2. The number of rotatable bonds is 7. The first-order valence-corrected chi connectivity index (χ1v) is 13.4. The normalized spacial score (nSPS) is 15.1. The molecule has 5 rings (SSSR count). The molecule has 0 amide bonds. The molecule has 0 fully saturated rings. The van der Waals surface area contributed by atoms with Gasteiger partial charge in [0.15, 0.2) is 4.80 Å². The minimum atomic E-state index is -0.759. The average molecular weight is 545 g/mol. The van der Waals surface area contributed by atoms with Crippen LogP contribution in [0.25, 0.3) is 6.08 Å². The second-order valence-corrected chi connectivity index (χ2v) is 10.1. The number of carbonyl (C=O) groups excluding carboxylic acids is 1. The molecule has 0 saturated carbocycles. The number of hydrogen-bond acceptors (Lipinski definition) is 6. The van der Waals surface area contributed by atoms with E-state index in [-0.39, 0.29) is 12.2 Å². The topological polar surface area (TPSA) is 69.9 Å². The Balaban J connectivity index is 1.62. The predicted octanol–water partition coefficient (Wildman–Crippen LogP) is 5.03. The van der Waals surface area contributed by atoms with E-state index in [1.165, 1.54) is 15.9 Å². The van der Waals surface area contributed by atoms with Gasteiger partial charge in [0.1, 0.15) is 18.4 Å². The van der Waals surface area contributed by atoms with Crippen LogP contribution in [0.1, 0.15) is 36.6 Å². The molecule has 0 spiro atoms. The molecule has 192 valence electrons. The number of thiazole rings is 1. The van der Waals surface area contributed by atoms with Crippen LogP contribution in [0.4, 0.5) is 0 Å². The van der Waals surface area contributed by atoms with Crippen molar-refractivity contribution in [3.05, 3.63) is 132 Å². The molecule has 8 heteroatoms. The Hall–Kier alpha value is -3.94. The number of carbonyl (C=O) groups is 1. The molecule has 1 atom stereocenters. The summed E-state index contributed by atoms with van der Waals surface area (Å²) < 4.78 is 13.4. The summed E-state index contributed by atoms with van der Waals surface area (Å²) in [6.45, 7) is 4.10. The smallest absolute Gasteiger partial charge is 0.338 e. The first-order chi connectivity index (χ1) is 18.5. The Morgan fingerprint density at radius 2 is 1.76 bits per heavy atom. The fraction of sp³-hybridized carbons (Fsp3) is 0.167. The Morgan fingerprint density at radius 3 is 2.53 bits per heavy atom. The molecule has 4 aromatic rings. The Kier molecular flexibility index (Phi) is 7.58. The third kappa shape index (κ3) is 5.08. The summed E-state index contributed by atoms with van der Waals surface area (Å²) in [5, 5.41) is 0.447. The van der Waals surface area contributed by atoms with E-state index in [4.69, 9.17) is 21.1 Å². The molecular weight excluding hydrogens is 520 g/mol. The summed E-state index contributed by atoms with van der Waals surface area (Å²) in [5.74, 6) is 0.140. The number of hydrogen-bond donors (Lipinski definition) is 0. The molecular formula is C30H25ClN2O4S. The van der Waals surface area contributed by atoms with Gasteiger partial charge in [-0.3, -0.25) is 9.36 Å². The summed E-state index contributed by atoms with van der Waals surface area (Å²) in [5.41, 5.74) is 2.96. The zero-order valence-corrected chi connectivity index (χ0v) is 22.5. The van der Waals surface area contributed by atoms with Crippen LogP contribution >= 0.6 is 22.9 Å². The van der Waals surface area contributed by atoms with E-state index in [2.05, 4.69) is 4.99 Å². The lowest BCUT2D eigenvalue weighted by Crippen LogP contribution is -2.40. The summed E-state index contributed by atoms with van der Waals surface area (Å²) in [6, 6.07) is 23.9. The molecule has 1 unspecified atom stereocenters. The number of allylic oxidation sites excluding steroid dienone is 1. The van der Waals surface area contributed by atoms with Crippen molar-refractivity contribution in [1.29, 1.82) is 0 Å². The van der Waals surface area contributed by atoms with Gasteiger partial charge in [-0.2, -0.15) is 0 Å². The zero-order valence-electron chi connectivity index (χ0n) is 20.9.